The van der Waals surface area contributed by atoms with Gasteiger partial charge in [-0.1, -0.05) is 33.6 Å². The normalized spacial score (nSPS) is 33.9. The third-order valence-corrected chi connectivity index (χ3v) is 7.20. The Kier molecular flexibility index (Phi) is 4.47. The van der Waals surface area contributed by atoms with Gasteiger partial charge in [0.1, 0.15) is 6.10 Å². The Labute approximate surface area is 163 Å². The van der Waals surface area contributed by atoms with Crippen LogP contribution in [0, 0.1) is 30.6 Å². The van der Waals surface area contributed by atoms with Crippen molar-refractivity contribution in [2.45, 2.75) is 24.3 Å². The number of rotatable bonds is 4. The van der Waals surface area contributed by atoms with Gasteiger partial charge in [-0.2, -0.15) is 0 Å². The van der Waals surface area contributed by atoms with Crippen LogP contribution in [0.3, 0.4) is 0 Å². The Morgan fingerprint density at radius 1 is 1.38 bits per heavy atom. The first kappa shape index (κ1) is 17.8. The van der Waals surface area contributed by atoms with E-state index in [0.29, 0.717) is 10.7 Å². The third kappa shape index (κ3) is 2.81. The molecule has 1 saturated heterocycles. The molecule has 1 N–H and O–H groups in total. The summed E-state index contributed by atoms with van der Waals surface area (Å²) >= 11 is 9.57. The highest BCUT2D eigenvalue weighted by Crippen LogP contribution is 2.60. The van der Waals surface area contributed by atoms with Crippen LogP contribution in [0.15, 0.2) is 18.2 Å². The first-order valence-electron chi connectivity index (χ1n) is 8.44. The van der Waals surface area contributed by atoms with E-state index >= 15 is 0 Å². The molecule has 0 spiro atoms. The van der Waals surface area contributed by atoms with Crippen molar-refractivity contribution < 1.29 is 23.9 Å². The van der Waals surface area contributed by atoms with Gasteiger partial charge < -0.3 is 14.8 Å². The highest BCUT2D eigenvalue weighted by atomic mass is 79.9. The predicted octanol–water partition coefficient (Wildman–Crippen LogP) is 2.70. The number of hydrogen-bond acceptors (Lipinski definition) is 5. The highest BCUT2D eigenvalue weighted by Gasteiger charge is 2.68. The Balaban J connectivity index is 1.36. The molecule has 3 aliphatic rings. The van der Waals surface area contributed by atoms with Crippen LogP contribution in [-0.4, -0.2) is 35.4 Å². The number of amides is 1. The van der Waals surface area contributed by atoms with Crippen LogP contribution >= 0.6 is 27.5 Å². The second-order valence-corrected chi connectivity index (χ2v) is 8.55. The molecule has 3 fully saturated rings. The van der Waals surface area contributed by atoms with Crippen molar-refractivity contribution in [1.29, 1.82) is 0 Å². The van der Waals surface area contributed by atoms with E-state index in [2.05, 4.69) is 21.2 Å². The molecule has 1 heterocycles. The standard InChI is InChI=1S/C18H17BrClNO5/c1-7-2-3-8(4-11(7)20)21-12(22)6-25-17(23)13-9-5-10-14(13)18(24)26-16(10)15(9)19/h2-4,9-10,13-16H,5-6H2,1H3,(H,21,22)/t9-,10+,13+,14-,15+,16-/m0/s1. The maximum absolute atomic E-state index is 12.5. The molecule has 6 nitrogen and oxygen atoms in total. The summed E-state index contributed by atoms with van der Waals surface area (Å²) in [7, 11) is 0. The van der Waals surface area contributed by atoms with E-state index < -0.39 is 30.3 Å². The lowest BCUT2D eigenvalue weighted by atomic mass is 9.80. The van der Waals surface area contributed by atoms with E-state index in [4.69, 9.17) is 21.1 Å². The van der Waals surface area contributed by atoms with Crippen molar-refractivity contribution in [3.63, 3.8) is 0 Å². The molecule has 8 heteroatoms. The van der Waals surface area contributed by atoms with E-state index in [1.807, 2.05) is 6.92 Å². The number of fused-ring (bicyclic) bond motifs is 1. The van der Waals surface area contributed by atoms with Crippen LogP contribution in [0.2, 0.25) is 5.02 Å². The van der Waals surface area contributed by atoms with Gasteiger partial charge >= 0.3 is 11.9 Å². The summed E-state index contributed by atoms with van der Waals surface area (Å²) in [6.45, 7) is 1.46. The molecule has 0 unspecified atom stereocenters. The Morgan fingerprint density at radius 2 is 2.15 bits per heavy atom. The second-order valence-electron chi connectivity index (χ2n) is 7.08. The van der Waals surface area contributed by atoms with Crippen LogP contribution in [0.25, 0.3) is 0 Å². The van der Waals surface area contributed by atoms with Crippen molar-refractivity contribution >= 4 is 51.1 Å². The topological polar surface area (TPSA) is 81.7 Å². The minimum atomic E-state index is -0.544. The minimum Gasteiger partial charge on any atom is -0.461 e. The van der Waals surface area contributed by atoms with Crippen molar-refractivity contribution in [1.82, 2.24) is 0 Å². The van der Waals surface area contributed by atoms with Gasteiger partial charge in [-0.25, -0.2) is 0 Å². The maximum atomic E-state index is 12.5. The summed E-state index contributed by atoms with van der Waals surface area (Å²) in [5.41, 5.74) is 1.43. The first-order chi connectivity index (χ1) is 12.4. The SMILES string of the molecule is Cc1ccc(NC(=O)COC(=O)[C@@H]2[C@@H]3C[C@H]4[C@H](OC(=O)[C@@H]42)[C@@H]3Br)cc1Cl. The molecule has 6 atom stereocenters. The fourth-order valence-corrected chi connectivity index (χ4v) is 5.62. The van der Waals surface area contributed by atoms with Gasteiger partial charge in [0.15, 0.2) is 6.61 Å². The average Bonchev–Trinajstić information content (AvgIpc) is 3.20. The monoisotopic (exact) mass is 441 g/mol. The van der Waals surface area contributed by atoms with Crippen molar-refractivity contribution in [2.75, 3.05) is 11.9 Å². The van der Waals surface area contributed by atoms with E-state index in [9.17, 15) is 14.4 Å². The number of ether oxygens (including phenoxy) is 2. The number of halogens is 2. The average molecular weight is 443 g/mol. The molecule has 2 saturated carbocycles. The Morgan fingerprint density at radius 3 is 2.88 bits per heavy atom. The highest BCUT2D eigenvalue weighted by molar-refractivity contribution is 9.09. The smallest absolute Gasteiger partial charge is 0.310 e. The number of nitrogens with one attached hydrogen (secondary N) is 1. The summed E-state index contributed by atoms with van der Waals surface area (Å²) in [6, 6.07) is 5.15. The van der Waals surface area contributed by atoms with Crippen molar-refractivity contribution in [2.24, 2.45) is 23.7 Å². The molecule has 2 aliphatic carbocycles. The molecule has 138 valence electrons. The number of anilines is 1. The zero-order chi connectivity index (χ0) is 18.6. The number of aryl methyl sites for hydroxylation is 1. The van der Waals surface area contributed by atoms with Gasteiger partial charge in [-0.15, -0.1) is 0 Å². The van der Waals surface area contributed by atoms with Crippen LogP contribution < -0.4 is 5.32 Å². The van der Waals surface area contributed by atoms with Crippen molar-refractivity contribution in [3.8, 4) is 0 Å². The lowest BCUT2D eigenvalue weighted by Gasteiger charge is -2.26. The lowest BCUT2D eigenvalue weighted by molar-refractivity contribution is -0.157. The van der Waals surface area contributed by atoms with Gasteiger partial charge in [0.2, 0.25) is 0 Å². The van der Waals surface area contributed by atoms with Gasteiger partial charge in [0, 0.05) is 16.6 Å². The number of alkyl halides is 1. The molecule has 0 radical (unpaired) electrons. The largest absolute Gasteiger partial charge is 0.461 e. The van der Waals surface area contributed by atoms with Crippen molar-refractivity contribution in [3.05, 3.63) is 28.8 Å². The number of esters is 2. The second kappa shape index (κ2) is 6.53. The molecule has 1 amide bonds. The van der Waals surface area contributed by atoms with Crippen LogP contribution in [0.4, 0.5) is 5.69 Å². The molecule has 26 heavy (non-hydrogen) atoms. The molecule has 2 bridgehead atoms. The van der Waals surface area contributed by atoms with Gasteiger partial charge in [-0.3, -0.25) is 14.4 Å². The van der Waals surface area contributed by atoms with Crippen LogP contribution in [0.5, 0.6) is 0 Å². The number of carbonyl (C=O) groups is 3. The first-order valence-corrected chi connectivity index (χ1v) is 9.73. The van der Waals surface area contributed by atoms with Gasteiger partial charge in [0.05, 0.1) is 16.7 Å². The summed E-state index contributed by atoms with van der Waals surface area (Å²) in [6.07, 6.45) is 0.626. The maximum Gasteiger partial charge on any atom is 0.310 e. The molecule has 1 aromatic carbocycles. The molecule has 0 aromatic heterocycles. The Bertz CT molecular complexity index is 800. The van der Waals surface area contributed by atoms with E-state index in [1.54, 1.807) is 18.2 Å². The third-order valence-electron chi connectivity index (χ3n) is 5.60. The number of hydrogen-bond donors (Lipinski definition) is 1. The zero-order valence-electron chi connectivity index (χ0n) is 13.9. The fourth-order valence-electron chi connectivity index (χ4n) is 4.39. The van der Waals surface area contributed by atoms with Gasteiger partial charge in [0.25, 0.3) is 5.91 Å². The van der Waals surface area contributed by atoms with Gasteiger partial charge in [-0.05, 0) is 37.0 Å². The molecular weight excluding hydrogens is 426 g/mol. The lowest BCUT2D eigenvalue weighted by Crippen LogP contribution is -2.39. The molecular formula is C18H17BrClNO5. The fraction of sp³-hybridized carbons (Fsp3) is 0.500. The number of carbonyl (C=O) groups excluding carboxylic acids is 3. The predicted molar refractivity (Wildman–Crippen MR) is 96.9 cm³/mol. The Hall–Kier alpha value is -1.60. The summed E-state index contributed by atoms with van der Waals surface area (Å²) < 4.78 is 10.6. The minimum absolute atomic E-state index is 0.00733. The summed E-state index contributed by atoms with van der Waals surface area (Å²) in [5.74, 6) is -2.21. The summed E-state index contributed by atoms with van der Waals surface area (Å²) in [4.78, 5) is 36.6. The van der Waals surface area contributed by atoms with Crippen LogP contribution in [-0.2, 0) is 23.9 Å². The van der Waals surface area contributed by atoms with E-state index in [1.165, 1.54) is 0 Å². The summed E-state index contributed by atoms with van der Waals surface area (Å²) in [5, 5.41) is 3.18. The van der Waals surface area contributed by atoms with Crippen LogP contribution in [0.1, 0.15) is 12.0 Å². The van der Waals surface area contributed by atoms with E-state index in [0.717, 1.165) is 12.0 Å². The quantitative estimate of drug-likeness (QED) is 0.573. The number of benzene rings is 1. The van der Waals surface area contributed by atoms with E-state index in [-0.39, 0.29) is 28.7 Å². The molecule has 1 aromatic rings. The zero-order valence-corrected chi connectivity index (χ0v) is 16.2. The molecule has 1 aliphatic heterocycles. The molecule has 4 rings (SSSR count).